The standard InChI is InChI=1S/C14H27N3O/c1-10(2)13(15)14(18)17-7-6-11(9-17)8-16(3)12-4-5-12/h10-13H,4-9,15H2,1-3H3. The lowest BCUT2D eigenvalue weighted by molar-refractivity contribution is -0.132. The molecule has 1 aliphatic carbocycles. The molecule has 2 aliphatic rings. The third-order valence-electron chi connectivity index (χ3n) is 4.32. The average Bonchev–Trinajstić information content (AvgIpc) is 3.08. The lowest BCUT2D eigenvalue weighted by Crippen LogP contribution is -2.45. The van der Waals surface area contributed by atoms with Crippen LogP contribution in [0.1, 0.15) is 33.1 Å². The van der Waals surface area contributed by atoms with Crippen LogP contribution in [-0.2, 0) is 4.79 Å². The highest BCUT2D eigenvalue weighted by atomic mass is 16.2. The van der Waals surface area contributed by atoms with E-state index in [1.807, 2.05) is 18.7 Å². The van der Waals surface area contributed by atoms with Gasteiger partial charge in [-0.1, -0.05) is 13.8 Å². The number of hydrogen-bond acceptors (Lipinski definition) is 3. The Bertz CT molecular complexity index is 301. The van der Waals surface area contributed by atoms with E-state index in [0.717, 1.165) is 32.1 Å². The van der Waals surface area contributed by atoms with Crippen molar-refractivity contribution >= 4 is 5.91 Å². The summed E-state index contributed by atoms with van der Waals surface area (Å²) in [6, 6.07) is 0.484. The molecule has 0 aromatic carbocycles. The zero-order valence-corrected chi connectivity index (χ0v) is 11.9. The third kappa shape index (κ3) is 3.23. The normalized spacial score (nSPS) is 26.1. The molecular formula is C14H27N3O. The van der Waals surface area contributed by atoms with Gasteiger partial charge in [0.25, 0.3) is 0 Å². The minimum atomic E-state index is -0.329. The molecule has 1 saturated carbocycles. The lowest BCUT2D eigenvalue weighted by atomic mass is 10.0. The summed E-state index contributed by atoms with van der Waals surface area (Å²) in [7, 11) is 2.21. The average molecular weight is 253 g/mol. The maximum absolute atomic E-state index is 12.2. The molecule has 0 radical (unpaired) electrons. The molecule has 1 heterocycles. The van der Waals surface area contributed by atoms with E-state index < -0.39 is 0 Å². The molecule has 1 aliphatic heterocycles. The first kappa shape index (κ1) is 13.8. The summed E-state index contributed by atoms with van der Waals surface area (Å²) in [4.78, 5) is 16.6. The smallest absolute Gasteiger partial charge is 0.239 e. The van der Waals surface area contributed by atoms with E-state index in [4.69, 9.17) is 5.73 Å². The summed E-state index contributed by atoms with van der Waals surface area (Å²) < 4.78 is 0. The van der Waals surface area contributed by atoms with Crippen molar-refractivity contribution in [2.75, 3.05) is 26.7 Å². The maximum atomic E-state index is 12.2. The van der Waals surface area contributed by atoms with Gasteiger partial charge in [0.1, 0.15) is 0 Å². The van der Waals surface area contributed by atoms with Gasteiger partial charge < -0.3 is 15.5 Å². The van der Waals surface area contributed by atoms with E-state index in [1.54, 1.807) is 0 Å². The molecule has 1 saturated heterocycles. The molecule has 104 valence electrons. The molecule has 2 atom stereocenters. The van der Waals surface area contributed by atoms with E-state index in [-0.39, 0.29) is 17.9 Å². The van der Waals surface area contributed by atoms with Crippen LogP contribution in [0, 0.1) is 11.8 Å². The fourth-order valence-corrected chi connectivity index (χ4v) is 2.75. The van der Waals surface area contributed by atoms with Crippen molar-refractivity contribution < 1.29 is 4.79 Å². The number of rotatable bonds is 5. The van der Waals surface area contributed by atoms with Crippen LogP contribution in [0.25, 0.3) is 0 Å². The van der Waals surface area contributed by atoms with Gasteiger partial charge in [-0.05, 0) is 38.1 Å². The van der Waals surface area contributed by atoms with Crippen molar-refractivity contribution in [1.82, 2.24) is 9.80 Å². The number of nitrogens with zero attached hydrogens (tertiary/aromatic N) is 2. The molecule has 0 spiro atoms. The lowest BCUT2D eigenvalue weighted by Gasteiger charge is -2.24. The summed E-state index contributed by atoms with van der Waals surface area (Å²) in [5.41, 5.74) is 5.94. The summed E-state index contributed by atoms with van der Waals surface area (Å²) >= 11 is 0. The van der Waals surface area contributed by atoms with E-state index in [0.29, 0.717) is 5.92 Å². The Morgan fingerprint density at radius 1 is 1.39 bits per heavy atom. The van der Waals surface area contributed by atoms with Crippen LogP contribution in [-0.4, -0.2) is 54.5 Å². The van der Waals surface area contributed by atoms with Gasteiger partial charge in [0, 0.05) is 25.7 Å². The molecule has 2 fully saturated rings. The first-order valence-corrected chi connectivity index (χ1v) is 7.23. The summed E-state index contributed by atoms with van der Waals surface area (Å²) in [5.74, 6) is 1.01. The summed E-state index contributed by atoms with van der Waals surface area (Å²) in [6.07, 6.45) is 3.84. The molecule has 0 bridgehead atoms. The number of carbonyl (C=O) groups excluding carboxylic acids is 1. The summed E-state index contributed by atoms with van der Waals surface area (Å²) in [5, 5.41) is 0. The van der Waals surface area contributed by atoms with Crippen LogP contribution in [0.15, 0.2) is 0 Å². The minimum Gasteiger partial charge on any atom is -0.341 e. The van der Waals surface area contributed by atoms with Crippen molar-refractivity contribution in [3.8, 4) is 0 Å². The van der Waals surface area contributed by atoms with Crippen molar-refractivity contribution in [3.05, 3.63) is 0 Å². The van der Waals surface area contributed by atoms with E-state index in [1.165, 1.54) is 12.8 Å². The van der Waals surface area contributed by atoms with Crippen LogP contribution < -0.4 is 5.73 Å². The Kier molecular flexibility index (Phi) is 4.28. The predicted octanol–water partition coefficient (Wildman–Crippen LogP) is 0.912. The Hall–Kier alpha value is -0.610. The highest BCUT2D eigenvalue weighted by Gasteiger charge is 2.33. The quantitative estimate of drug-likeness (QED) is 0.792. The number of amides is 1. The van der Waals surface area contributed by atoms with Gasteiger partial charge in [-0.25, -0.2) is 0 Å². The van der Waals surface area contributed by atoms with Crippen molar-refractivity contribution in [2.24, 2.45) is 17.6 Å². The monoisotopic (exact) mass is 253 g/mol. The second-order valence-corrected chi connectivity index (χ2v) is 6.38. The Morgan fingerprint density at radius 2 is 2.06 bits per heavy atom. The highest BCUT2D eigenvalue weighted by Crippen LogP contribution is 2.28. The second kappa shape index (κ2) is 5.57. The fourth-order valence-electron chi connectivity index (χ4n) is 2.75. The van der Waals surface area contributed by atoms with Gasteiger partial charge in [-0.15, -0.1) is 0 Å². The molecule has 1 amide bonds. The number of likely N-dealkylation sites (tertiary alicyclic amines) is 1. The van der Waals surface area contributed by atoms with E-state index in [9.17, 15) is 4.79 Å². The van der Waals surface area contributed by atoms with Gasteiger partial charge in [-0.2, -0.15) is 0 Å². The van der Waals surface area contributed by atoms with Crippen molar-refractivity contribution in [1.29, 1.82) is 0 Å². The Balaban J connectivity index is 1.78. The topological polar surface area (TPSA) is 49.6 Å². The van der Waals surface area contributed by atoms with Gasteiger partial charge >= 0.3 is 0 Å². The maximum Gasteiger partial charge on any atom is 0.239 e. The zero-order valence-electron chi connectivity index (χ0n) is 11.9. The molecule has 4 heteroatoms. The van der Waals surface area contributed by atoms with E-state index >= 15 is 0 Å². The van der Waals surface area contributed by atoms with Crippen LogP contribution in [0.3, 0.4) is 0 Å². The molecule has 2 unspecified atom stereocenters. The van der Waals surface area contributed by atoms with Gasteiger partial charge in [0.15, 0.2) is 0 Å². The van der Waals surface area contributed by atoms with Gasteiger partial charge in [-0.3, -0.25) is 4.79 Å². The molecule has 0 aromatic heterocycles. The molecule has 18 heavy (non-hydrogen) atoms. The molecule has 0 aromatic rings. The third-order valence-corrected chi connectivity index (χ3v) is 4.32. The van der Waals surface area contributed by atoms with Crippen molar-refractivity contribution in [2.45, 2.75) is 45.2 Å². The number of nitrogens with two attached hydrogens (primary N) is 1. The van der Waals surface area contributed by atoms with Crippen LogP contribution in [0.2, 0.25) is 0 Å². The van der Waals surface area contributed by atoms with Crippen LogP contribution in [0.4, 0.5) is 0 Å². The Labute approximate surface area is 110 Å². The molecular weight excluding hydrogens is 226 g/mol. The SMILES string of the molecule is CC(C)C(N)C(=O)N1CCC(CN(C)C2CC2)C1. The first-order chi connectivity index (χ1) is 8.49. The highest BCUT2D eigenvalue weighted by molar-refractivity contribution is 5.82. The zero-order chi connectivity index (χ0) is 13.3. The van der Waals surface area contributed by atoms with Crippen LogP contribution in [0.5, 0.6) is 0 Å². The largest absolute Gasteiger partial charge is 0.341 e. The molecule has 2 N–H and O–H groups in total. The van der Waals surface area contributed by atoms with Gasteiger partial charge in [0.05, 0.1) is 6.04 Å². The summed E-state index contributed by atoms with van der Waals surface area (Å²) in [6.45, 7) is 6.94. The first-order valence-electron chi connectivity index (χ1n) is 7.23. The van der Waals surface area contributed by atoms with Crippen molar-refractivity contribution in [3.63, 3.8) is 0 Å². The van der Waals surface area contributed by atoms with E-state index in [2.05, 4.69) is 11.9 Å². The molecule has 2 rings (SSSR count). The van der Waals surface area contributed by atoms with Gasteiger partial charge in [0.2, 0.25) is 5.91 Å². The number of carbonyl (C=O) groups is 1. The second-order valence-electron chi connectivity index (χ2n) is 6.38. The van der Waals surface area contributed by atoms with Crippen LogP contribution >= 0.6 is 0 Å². The fraction of sp³-hybridized carbons (Fsp3) is 0.929. The molecule has 4 nitrogen and oxygen atoms in total. The predicted molar refractivity (Wildman–Crippen MR) is 73.2 cm³/mol. The minimum absolute atomic E-state index is 0.140. The Morgan fingerprint density at radius 3 is 2.61 bits per heavy atom. The number of hydrogen-bond donors (Lipinski definition) is 1.